The second kappa shape index (κ2) is 6.08. The van der Waals surface area contributed by atoms with Crippen molar-refractivity contribution in [2.24, 2.45) is 0 Å². The molecule has 8 nitrogen and oxygen atoms in total. The lowest BCUT2D eigenvalue weighted by Crippen LogP contribution is -2.52. The Morgan fingerprint density at radius 1 is 1.35 bits per heavy atom. The lowest BCUT2D eigenvalue weighted by atomic mass is 10.2. The van der Waals surface area contributed by atoms with Crippen molar-refractivity contribution >= 4 is 17.9 Å². The van der Waals surface area contributed by atoms with Gasteiger partial charge in [-0.25, -0.2) is 4.79 Å². The SMILES string of the molecule is C[C@@H](C(=O)N1CCOCC1)N1CC[C@H](NC(=O)O)C1=O. The Kier molecular flexibility index (Phi) is 4.43. The van der Waals surface area contributed by atoms with Gasteiger partial charge >= 0.3 is 6.09 Å². The minimum Gasteiger partial charge on any atom is -0.465 e. The predicted octanol–water partition coefficient (Wildman–Crippen LogP) is -0.898. The monoisotopic (exact) mass is 285 g/mol. The molecule has 20 heavy (non-hydrogen) atoms. The second-order valence-corrected chi connectivity index (χ2v) is 4.94. The number of amides is 3. The van der Waals surface area contributed by atoms with E-state index in [2.05, 4.69) is 5.32 Å². The van der Waals surface area contributed by atoms with Crippen molar-refractivity contribution in [3.05, 3.63) is 0 Å². The number of ether oxygens (including phenoxy) is 1. The van der Waals surface area contributed by atoms with Crippen molar-refractivity contribution in [2.75, 3.05) is 32.8 Å². The quantitative estimate of drug-likeness (QED) is 0.700. The van der Waals surface area contributed by atoms with Crippen molar-refractivity contribution in [1.29, 1.82) is 0 Å². The molecule has 0 unspecified atom stereocenters. The van der Waals surface area contributed by atoms with Crippen molar-refractivity contribution < 1.29 is 24.2 Å². The van der Waals surface area contributed by atoms with E-state index in [0.29, 0.717) is 39.3 Å². The first-order valence-corrected chi connectivity index (χ1v) is 6.67. The normalized spacial score (nSPS) is 24.6. The summed E-state index contributed by atoms with van der Waals surface area (Å²) in [7, 11) is 0. The van der Waals surface area contributed by atoms with Gasteiger partial charge in [0, 0.05) is 19.6 Å². The van der Waals surface area contributed by atoms with E-state index in [-0.39, 0.29) is 11.8 Å². The number of carbonyl (C=O) groups is 3. The van der Waals surface area contributed by atoms with Gasteiger partial charge in [-0.1, -0.05) is 0 Å². The first kappa shape index (κ1) is 14.6. The molecule has 0 bridgehead atoms. The van der Waals surface area contributed by atoms with Crippen molar-refractivity contribution in [2.45, 2.75) is 25.4 Å². The van der Waals surface area contributed by atoms with E-state index in [1.165, 1.54) is 4.90 Å². The smallest absolute Gasteiger partial charge is 0.405 e. The molecule has 0 saturated carbocycles. The molecule has 2 N–H and O–H groups in total. The summed E-state index contributed by atoms with van der Waals surface area (Å²) < 4.78 is 5.19. The fourth-order valence-electron chi connectivity index (χ4n) is 2.55. The van der Waals surface area contributed by atoms with E-state index >= 15 is 0 Å². The average Bonchev–Trinajstić information content (AvgIpc) is 2.79. The summed E-state index contributed by atoms with van der Waals surface area (Å²) in [5.74, 6) is -0.445. The maximum absolute atomic E-state index is 12.3. The topological polar surface area (TPSA) is 99.2 Å². The van der Waals surface area contributed by atoms with Crippen LogP contribution in [0.1, 0.15) is 13.3 Å². The Morgan fingerprint density at radius 3 is 2.60 bits per heavy atom. The molecule has 112 valence electrons. The first-order valence-electron chi connectivity index (χ1n) is 6.67. The van der Waals surface area contributed by atoms with Crippen LogP contribution in [0.3, 0.4) is 0 Å². The lowest BCUT2D eigenvalue weighted by Gasteiger charge is -2.32. The Morgan fingerprint density at radius 2 is 2.00 bits per heavy atom. The minimum atomic E-state index is -1.22. The zero-order valence-electron chi connectivity index (χ0n) is 11.4. The van der Waals surface area contributed by atoms with Crippen LogP contribution in [0, 0.1) is 0 Å². The number of hydrogen-bond donors (Lipinski definition) is 2. The Balaban J connectivity index is 1.95. The van der Waals surface area contributed by atoms with Gasteiger partial charge in [0.1, 0.15) is 12.1 Å². The molecule has 0 aliphatic carbocycles. The van der Waals surface area contributed by atoms with E-state index in [1.807, 2.05) is 0 Å². The maximum atomic E-state index is 12.3. The third kappa shape index (κ3) is 3.01. The van der Waals surface area contributed by atoms with Gasteiger partial charge in [-0.2, -0.15) is 0 Å². The highest BCUT2D eigenvalue weighted by Gasteiger charge is 2.38. The van der Waals surface area contributed by atoms with Crippen LogP contribution >= 0.6 is 0 Å². The molecule has 2 saturated heterocycles. The molecule has 3 amide bonds. The number of carboxylic acid groups (broad SMARTS) is 1. The molecule has 0 aromatic heterocycles. The van der Waals surface area contributed by atoms with Gasteiger partial charge in [-0.3, -0.25) is 9.59 Å². The number of morpholine rings is 1. The van der Waals surface area contributed by atoms with Gasteiger partial charge in [0.2, 0.25) is 11.8 Å². The predicted molar refractivity (Wildman–Crippen MR) is 68.1 cm³/mol. The van der Waals surface area contributed by atoms with E-state index in [4.69, 9.17) is 9.84 Å². The van der Waals surface area contributed by atoms with Crippen LogP contribution in [0.25, 0.3) is 0 Å². The van der Waals surface area contributed by atoms with E-state index in [1.54, 1.807) is 11.8 Å². The van der Waals surface area contributed by atoms with Crippen LogP contribution in [0.15, 0.2) is 0 Å². The van der Waals surface area contributed by atoms with Crippen LogP contribution in [0.5, 0.6) is 0 Å². The molecule has 0 aromatic carbocycles. The average molecular weight is 285 g/mol. The summed E-state index contributed by atoms with van der Waals surface area (Å²) in [4.78, 5) is 38.1. The van der Waals surface area contributed by atoms with Crippen LogP contribution in [0.4, 0.5) is 4.79 Å². The molecule has 2 atom stereocenters. The molecule has 0 spiro atoms. The third-order valence-electron chi connectivity index (χ3n) is 3.69. The molecular formula is C12H19N3O5. The number of rotatable bonds is 3. The zero-order chi connectivity index (χ0) is 14.7. The number of nitrogens with zero attached hydrogens (tertiary/aromatic N) is 2. The Hall–Kier alpha value is -1.83. The molecular weight excluding hydrogens is 266 g/mol. The molecule has 2 fully saturated rings. The van der Waals surface area contributed by atoms with Gasteiger partial charge in [0.05, 0.1) is 13.2 Å². The highest BCUT2D eigenvalue weighted by Crippen LogP contribution is 2.16. The number of likely N-dealkylation sites (tertiary alicyclic amines) is 1. The number of nitrogens with one attached hydrogen (secondary N) is 1. The van der Waals surface area contributed by atoms with Crippen molar-refractivity contribution in [3.8, 4) is 0 Å². The van der Waals surface area contributed by atoms with Gasteiger partial charge in [0.15, 0.2) is 0 Å². The second-order valence-electron chi connectivity index (χ2n) is 4.94. The van der Waals surface area contributed by atoms with E-state index < -0.39 is 18.2 Å². The third-order valence-corrected chi connectivity index (χ3v) is 3.69. The van der Waals surface area contributed by atoms with Crippen LogP contribution in [0.2, 0.25) is 0 Å². The summed E-state index contributed by atoms with van der Waals surface area (Å²) >= 11 is 0. The molecule has 2 rings (SSSR count). The number of hydrogen-bond acceptors (Lipinski definition) is 4. The van der Waals surface area contributed by atoms with Gasteiger partial charge in [-0.05, 0) is 13.3 Å². The zero-order valence-corrected chi connectivity index (χ0v) is 11.4. The van der Waals surface area contributed by atoms with E-state index in [0.717, 1.165) is 0 Å². The summed E-state index contributed by atoms with van der Waals surface area (Å²) in [5, 5.41) is 10.8. The minimum absolute atomic E-state index is 0.113. The van der Waals surface area contributed by atoms with Crippen LogP contribution in [-0.4, -0.2) is 77.7 Å². The van der Waals surface area contributed by atoms with Crippen LogP contribution in [-0.2, 0) is 14.3 Å². The fourth-order valence-corrected chi connectivity index (χ4v) is 2.55. The molecule has 2 aliphatic heterocycles. The first-order chi connectivity index (χ1) is 9.50. The molecule has 0 radical (unpaired) electrons. The summed E-state index contributed by atoms with van der Waals surface area (Å²) in [5.41, 5.74) is 0. The largest absolute Gasteiger partial charge is 0.465 e. The van der Waals surface area contributed by atoms with E-state index in [9.17, 15) is 14.4 Å². The summed E-state index contributed by atoms with van der Waals surface area (Å²) in [6.45, 7) is 4.15. The standard InChI is InChI=1S/C12H19N3O5/c1-8(10(16)14-4-6-20-7-5-14)15-3-2-9(11(15)17)13-12(18)19/h8-9,13H,2-7H2,1H3,(H,18,19)/t8-,9-/m0/s1. The maximum Gasteiger partial charge on any atom is 0.405 e. The summed E-state index contributed by atoms with van der Waals surface area (Å²) in [6, 6.07) is -1.31. The molecule has 0 aromatic rings. The molecule has 8 heteroatoms. The highest BCUT2D eigenvalue weighted by atomic mass is 16.5. The summed E-state index contributed by atoms with van der Waals surface area (Å²) in [6.07, 6.45) is -0.830. The fraction of sp³-hybridized carbons (Fsp3) is 0.750. The molecule has 2 aliphatic rings. The lowest BCUT2D eigenvalue weighted by molar-refractivity contribution is -0.146. The highest BCUT2D eigenvalue weighted by molar-refractivity contribution is 5.92. The van der Waals surface area contributed by atoms with Gasteiger partial charge in [-0.15, -0.1) is 0 Å². The van der Waals surface area contributed by atoms with Crippen molar-refractivity contribution in [3.63, 3.8) is 0 Å². The number of carbonyl (C=O) groups excluding carboxylic acids is 2. The van der Waals surface area contributed by atoms with Crippen LogP contribution < -0.4 is 5.32 Å². The molecule has 2 heterocycles. The van der Waals surface area contributed by atoms with Gasteiger partial charge in [0.25, 0.3) is 0 Å². The van der Waals surface area contributed by atoms with Gasteiger partial charge < -0.3 is 25.0 Å². The Bertz CT molecular complexity index is 408. The Labute approximate surface area is 116 Å². The van der Waals surface area contributed by atoms with Crippen molar-refractivity contribution in [1.82, 2.24) is 15.1 Å².